The van der Waals surface area contributed by atoms with Crippen molar-refractivity contribution in [1.82, 2.24) is 4.98 Å². The molecule has 0 amide bonds. The molecule has 0 aliphatic rings. The summed E-state index contributed by atoms with van der Waals surface area (Å²) in [7, 11) is 0. The van der Waals surface area contributed by atoms with Crippen LogP contribution in [0.25, 0.3) is 0 Å². The summed E-state index contributed by atoms with van der Waals surface area (Å²) >= 11 is 0. The van der Waals surface area contributed by atoms with Gasteiger partial charge in [0.2, 0.25) is 0 Å². The minimum atomic E-state index is -0.0747. The average Bonchev–Trinajstić information content (AvgIpc) is 2.20. The molecule has 13 heavy (non-hydrogen) atoms. The number of hydrogen-bond donors (Lipinski definition) is 2. The number of hydrogen-bond acceptors (Lipinski definition) is 3. The highest BCUT2D eigenvalue weighted by Gasteiger charge is 1.97. The first-order chi connectivity index (χ1) is 6.26. The van der Waals surface area contributed by atoms with Gasteiger partial charge in [-0.05, 0) is 24.6 Å². The van der Waals surface area contributed by atoms with Crippen molar-refractivity contribution in [2.75, 3.05) is 0 Å². The van der Waals surface area contributed by atoms with Crippen molar-refractivity contribution in [2.24, 2.45) is 0 Å². The highest BCUT2D eigenvalue weighted by atomic mass is 16.3. The zero-order valence-electron chi connectivity index (χ0n) is 8.41. The van der Waals surface area contributed by atoms with Gasteiger partial charge in [-0.25, -0.2) is 0 Å². The van der Waals surface area contributed by atoms with Gasteiger partial charge in [-0.3, -0.25) is 4.98 Å². The second-order valence-corrected chi connectivity index (χ2v) is 2.44. The topological polar surface area (TPSA) is 53.4 Å². The first-order valence-corrected chi connectivity index (χ1v) is 4.44. The SMILES string of the molecule is CC.Cc1cc(CO)nc(CO)c1. The maximum Gasteiger partial charge on any atom is 0.0853 e. The van der Waals surface area contributed by atoms with E-state index in [1.165, 1.54) is 0 Å². The van der Waals surface area contributed by atoms with Crippen molar-refractivity contribution >= 4 is 0 Å². The number of aliphatic hydroxyl groups excluding tert-OH is 2. The largest absolute Gasteiger partial charge is 0.390 e. The zero-order chi connectivity index (χ0) is 10.3. The van der Waals surface area contributed by atoms with Crippen LogP contribution in [0.3, 0.4) is 0 Å². The smallest absolute Gasteiger partial charge is 0.0853 e. The summed E-state index contributed by atoms with van der Waals surface area (Å²) in [6.45, 7) is 5.75. The van der Waals surface area contributed by atoms with E-state index >= 15 is 0 Å². The number of rotatable bonds is 2. The van der Waals surface area contributed by atoms with Gasteiger partial charge in [0.1, 0.15) is 0 Å². The van der Waals surface area contributed by atoms with Crippen LogP contribution in [0.15, 0.2) is 12.1 Å². The Hall–Kier alpha value is -0.930. The maximum atomic E-state index is 8.74. The van der Waals surface area contributed by atoms with Crippen LogP contribution in [0.5, 0.6) is 0 Å². The molecule has 0 aliphatic heterocycles. The van der Waals surface area contributed by atoms with Crippen molar-refractivity contribution in [3.05, 3.63) is 29.1 Å². The van der Waals surface area contributed by atoms with Crippen molar-refractivity contribution in [3.8, 4) is 0 Å². The van der Waals surface area contributed by atoms with Crippen LogP contribution < -0.4 is 0 Å². The van der Waals surface area contributed by atoms with E-state index in [2.05, 4.69) is 4.98 Å². The van der Waals surface area contributed by atoms with Crippen LogP contribution in [0.4, 0.5) is 0 Å². The van der Waals surface area contributed by atoms with Gasteiger partial charge in [0.15, 0.2) is 0 Å². The third-order valence-corrected chi connectivity index (χ3v) is 1.40. The van der Waals surface area contributed by atoms with E-state index in [-0.39, 0.29) is 13.2 Å². The van der Waals surface area contributed by atoms with Gasteiger partial charge in [0.05, 0.1) is 24.6 Å². The highest BCUT2D eigenvalue weighted by molar-refractivity contribution is 5.19. The molecule has 0 aromatic carbocycles. The van der Waals surface area contributed by atoms with E-state index in [0.29, 0.717) is 11.4 Å². The number of pyridine rings is 1. The molecule has 1 heterocycles. The van der Waals surface area contributed by atoms with E-state index in [1.54, 1.807) is 12.1 Å². The third-order valence-electron chi connectivity index (χ3n) is 1.40. The molecule has 0 radical (unpaired) electrons. The van der Waals surface area contributed by atoms with Crippen molar-refractivity contribution in [1.29, 1.82) is 0 Å². The average molecular weight is 183 g/mol. The van der Waals surface area contributed by atoms with Crippen LogP contribution in [0.1, 0.15) is 30.8 Å². The van der Waals surface area contributed by atoms with Crippen LogP contribution in [0.2, 0.25) is 0 Å². The Labute approximate surface area is 79.1 Å². The van der Waals surface area contributed by atoms with E-state index in [1.807, 2.05) is 20.8 Å². The number of aryl methyl sites for hydroxylation is 1. The first-order valence-electron chi connectivity index (χ1n) is 4.44. The van der Waals surface area contributed by atoms with E-state index < -0.39 is 0 Å². The van der Waals surface area contributed by atoms with Gasteiger partial charge >= 0.3 is 0 Å². The monoisotopic (exact) mass is 183 g/mol. The molecule has 3 nitrogen and oxygen atoms in total. The molecule has 1 aromatic rings. The molecule has 0 fully saturated rings. The van der Waals surface area contributed by atoms with Crippen molar-refractivity contribution in [3.63, 3.8) is 0 Å². The van der Waals surface area contributed by atoms with E-state index in [0.717, 1.165) is 5.56 Å². The minimum Gasteiger partial charge on any atom is -0.390 e. The van der Waals surface area contributed by atoms with Gasteiger partial charge in [-0.2, -0.15) is 0 Å². The fourth-order valence-electron chi connectivity index (χ4n) is 0.978. The molecule has 0 saturated heterocycles. The van der Waals surface area contributed by atoms with Gasteiger partial charge in [-0.1, -0.05) is 13.8 Å². The van der Waals surface area contributed by atoms with Crippen LogP contribution >= 0.6 is 0 Å². The van der Waals surface area contributed by atoms with E-state index in [9.17, 15) is 0 Å². The van der Waals surface area contributed by atoms with Gasteiger partial charge in [0, 0.05) is 0 Å². The minimum absolute atomic E-state index is 0.0747. The Balaban J connectivity index is 0.000000671. The van der Waals surface area contributed by atoms with Crippen molar-refractivity contribution in [2.45, 2.75) is 34.0 Å². The fourth-order valence-corrected chi connectivity index (χ4v) is 0.978. The number of nitrogens with zero attached hydrogens (tertiary/aromatic N) is 1. The summed E-state index contributed by atoms with van der Waals surface area (Å²) in [4.78, 5) is 3.97. The Morgan fingerprint density at radius 3 is 1.77 bits per heavy atom. The fraction of sp³-hybridized carbons (Fsp3) is 0.500. The Morgan fingerprint density at radius 1 is 1.08 bits per heavy atom. The Kier molecular flexibility index (Phi) is 6.10. The molecule has 0 spiro atoms. The quantitative estimate of drug-likeness (QED) is 0.728. The molecule has 2 N–H and O–H groups in total. The normalized spacial score (nSPS) is 9.00. The molecular weight excluding hydrogens is 166 g/mol. The molecular formula is C10H17NO2. The molecule has 0 unspecified atom stereocenters. The maximum absolute atomic E-state index is 8.74. The van der Waals surface area contributed by atoms with Gasteiger partial charge < -0.3 is 10.2 Å². The van der Waals surface area contributed by atoms with Gasteiger partial charge in [0.25, 0.3) is 0 Å². The second kappa shape index (κ2) is 6.57. The molecule has 74 valence electrons. The summed E-state index contributed by atoms with van der Waals surface area (Å²) in [5, 5.41) is 17.5. The molecule has 0 aliphatic carbocycles. The third kappa shape index (κ3) is 4.01. The molecule has 3 heteroatoms. The van der Waals surface area contributed by atoms with Crippen LogP contribution in [-0.2, 0) is 13.2 Å². The summed E-state index contributed by atoms with van der Waals surface area (Å²) in [6, 6.07) is 3.58. The predicted molar refractivity (Wildman–Crippen MR) is 52.2 cm³/mol. The lowest BCUT2D eigenvalue weighted by molar-refractivity contribution is 0.265. The molecule has 0 bridgehead atoms. The molecule has 0 atom stereocenters. The molecule has 1 aromatic heterocycles. The Bertz CT molecular complexity index is 226. The summed E-state index contributed by atoms with van der Waals surface area (Å²) in [5.41, 5.74) is 2.22. The first kappa shape index (κ1) is 12.1. The van der Waals surface area contributed by atoms with E-state index in [4.69, 9.17) is 10.2 Å². The van der Waals surface area contributed by atoms with Crippen molar-refractivity contribution < 1.29 is 10.2 Å². The summed E-state index contributed by atoms with van der Waals surface area (Å²) in [5.74, 6) is 0. The van der Waals surface area contributed by atoms with Gasteiger partial charge in [-0.15, -0.1) is 0 Å². The van der Waals surface area contributed by atoms with Crippen LogP contribution in [-0.4, -0.2) is 15.2 Å². The summed E-state index contributed by atoms with van der Waals surface area (Å²) in [6.07, 6.45) is 0. The number of aliphatic hydroxyl groups is 2. The lowest BCUT2D eigenvalue weighted by Crippen LogP contribution is -1.96. The second-order valence-electron chi connectivity index (χ2n) is 2.44. The highest BCUT2D eigenvalue weighted by Crippen LogP contribution is 2.04. The predicted octanol–water partition coefficient (Wildman–Crippen LogP) is 1.40. The lowest BCUT2D eigenvalue weighted by Gasteiger charge is -2.01. The number of aromatic nitrogens is 1. The standard InChI is InChI=1S/C8H11NO2.C2H6/c1-6-2-7(4-10)9-8(3-6)5-11;1-2/h2-3,10-11H,4-5H2,1H3;1-2H3. The van der Waals surface area contributed by atoms with Crippen LogP contribution in [0, 0.1) is 6.92 Å². The summed E-state index contributed by atoms with van der Waals surface area (Å²) < 4.78 is 0. The lowest BCUT2D eigenvalue weighted by atomic mass is 10.2. The Morgan fingerprint density at radius 2 is 1.46 bits per heavy atom. The molecule has 0 saturated carbocycles. The molecule has 1 rings (SSSR count). The zero-order valence-corrected chi connectivity index (χ0v) is 8.41.